The molecule has 0 aliphatic rings. The lowest BCUT2D eigenvalue weighted by molar-refractivity contribution is -0.0399. The van der Waals surface area contributed by atoms with E-state index in [4.69, 9.17) is 71.8 Å². The standard InChI is InChI=1S/C45H67N3O14/c1-49-43-12-8-41(9-13-43)45(40-6-4-3-5-7-40,42-10-14-44(50-2)15-11-42)62-39-38-61-37-36-60-35-34-59-33-32-58-31-30-57-29-28-56-27-26-55-25-24-54-23-22-53-21-20-52-19-18-51-17-16-47-48-46/h3-15H,16-39H2,1-2H3. The number of nitrogens with zero attached hydrogens (tertiary/aromatic N) is 3. The average Bonchev–Trinajstić information content (AvgIpc) is 3.31. The van der Waals surface area contributed by atoms with Gasteiger partial charge in [-0.25, -0.2) is 0 Å². The molecule has 0 unspecified atom stereocenters. The Morgan fingerprint density at radius 2 is 0.645 bits per heavy atom. The minimum absolute atomic E-state index is 0.322. The highest BCUT2D eigenvalue weighted by Crippen LogP contribution is 2.41. The summed E-state index contributed by atoms with van der Waals surface area (Å²) in [6.07, 6.45) is 0. The van der Waals surface area contributed by atoms with Crippen molar-refractivity contribution in [1.29, 1.82) is 0 Å². The fraction of sp³-hybridized carbons (Fsp3) is 0.600. The van der Waals surface area contributed by atoms with Gasteiger partial charge < -0.3 is 66.3 Å². The SMILES string of the molecule is COc1ccc(C(OCCOCCOCCOCCOCCOCCOCCOCCOCCOCCOCCOCCN=[N+]=[N-])(c2ccccc2)c2ccc(OC)cc2)cc1. The van der Waals surface area contributed by atoms with E-state index in [0.29, 0.717) is 159 Å². The van der Waals surface area contributed by atoms with Gasteiger partial charge in [0.05, 0.1) is 166 Å². The number of hydrogen-bond acceptors (Lipinski definition) is 15. The monoisotopic (exact) mass is 873 g/mol. The molecular formula is C45H67N3O14. The van der Waals surface area contributed by atoms with Crippen LogP contribution in [0.25, 0.3) is 10.4 Å². The predicted molar refractivity (Wildman–Crippen MR) is 231 cm³/mol. The van der Waals surface area contributed by atoms with Crippen LogP contribution >= 0.6 is 0 Å². The summed E-state index contributed by atoms with van der Waals surface area (Å²) in [4.78, 5) is 2.65. The molecule has 3 aromatic rings. The van der Waals surface area contributed by atoms with Gasteiger partial charge in [0, 0.05) is 11.5 Å². The Morgan fingerprint density at radius 1 is 0.371 bits per heavy atom. The third-order valence-electron chi connectivity index (χ3n) is 8.84. The van der Waals surface area contributed by atoms with Crippen molar-refractivity contribution in [3.63, 3.8) is 0 Å². The van der Waals surface area contributed by atoms with E-state index in [0.717, 1.165) is 28.2 Å². The molecule has 17 heteroatoms. The smallest absolute Gasteiger partial charge is 0.143 e. The van der Waals surface area contributed by atoms with E-state index in [2.05, 4.69) is 22.2 Å². The molecule has 0 N–H and O–H groups in total. The fourth-order valence-electron chi connectivity index (χ4n) is 5.78. The molecule has 3 aromatic carbocycles. The Bertz CT molecular complexity index is 1470. The van der Waals surface area contributed by atoms with Crippen molar-refractivity contribution < 1.29 is 66.3 Å². The summed E-state index contributed by atoms with van der Waals surface area (Å²) >= 11 is 0. The molecule has 62 heavy (non-hydrogen) atoms. The second kappa shape index (κ2) is 36.6. The van der Waals surface area contributed by atoms with Crippen LogP contribution in [0.15, 0.2) is 84.0 Å². The Kier molecular flexibility index (Phi) is 30.9. The first-order chi connectivity index (χ1) is 30.7. The zero-order valence-corrected chi connectivity index (χ0v) is 36.5. The second-order valence-electron chi connectivity index (χ2n) is 13.0. The molecule has 0 aliphatic carbocycles. The Labute approximate surface area is 366 Å². The first-order valence-corrected chi connectivity index (χ1v) is 21.1. The van der Waals surface area contributed by atoms with Crippen LogP contribution in [0.4, 0.5) is 0 Å². The van der Waals surface area contributed by atoms with Crippen molar-refractivity contribution in [2.24, 2.45) is 5.11 Å². The third-order valence-corrected chi connectivity index (χ3v) is 8.84. The van der Waals surface area contributed by atoms with Gasteiger partial charge in [-0.05, 0) is 46.5 Å². The van der Waals surface area contributed by atoms with Gasteiger partial charge in [0.2, 0.25) is 0 Å². The van der Waals surface area contributed by atoms with Crippen LogP contribution < -0.4 is 9.47 Å². The third kappa shape index (κ3) is 23.0. The second-order valence-corrected chi connectivity index (χ2v) is 13.0. The molecule has 0 aliphatic heterocycles. The lowest BCUT2D eigenvalue weighted by Crippen LogP contribution is -2.34. The van der Waals surface area contributed by atoms with E-state index in [-0.39, 0.29) is 0 Å². The van der Waals surface area contributed by atoms with E-state index in [1.165, 1.54) is 0 Å². The van der Waals surface area contributed by atoms with Gasteiger partial charge in [0.15, 0.2) is 0 Å². The summed E-state index contributed by atoms with van der Waals surface area (Å²) in [5, 5.41) is 3.38. The molecule has 0 bridgehead atoms. The van der Waals surface area contributed by atoms with Gasteiger partial charge in [-0.2, -0.15) is 0 Å². The molecule has 0 aromatic heterocycles. The van der Waals surface area contributed by atoms with Crippen LogP contribution in [-0.2, 0) is 62.4 Å². The molecule has 0 amide bonds. The summed E-state index contributed by atoms with van der Waals surface area (Å²) in [7, 11) is 3.31. The maximum Gasteiger partial charge on any atom is 0.143 e. The number of benzene rings is 3. The number of rotatable bonds is 42. The van der Waals surface area contributed by atoms with Gasteiger partial charge in [-0.3, -0.25) is 0 Å². The number of azide groups is 1. The summed E-state index contributed by atoms with van der Waals surface area (Å²) in [5.41, 5.74) is 10.2. The van der Waals surface area contributed by atoms with E-state index in [1.54, 1.807) is 14.2 Å². The van der Waals surface area contributed by atoms with Crippen LogP contribution in [0.2, 0.25) is 0 Å². The summed E-state index contributed by atoms with van der Waals surface area (Å²) < 4.78 is 78.5. The number of ether oxygens (including phenoxy) is 14. The minimum atomic E-state index is -0.885. The minimum Gasteiger partial charge on any atom is -0.497 e. The highest BCUT2D eigenvalue weighted by atomic mass is 16.6. The Morgan fingerprint density at radius 3 is 0.935 bits per heavy atom. The van der Waals surface area contributed by atoms with Gasteiger partial charge in [-0.15, -0.1) is 0 Å². The summed E-state index contributed by atoms with van der Waals surface area (Å²) in [6, 6.07) is 26.1. The van der Waals surface area contributed by atoms with Crippen molar-refractivity contribution in [3.05, 3.63) is 106 Å². The lowest BCUT2D eigenvalue weighted by atomic mass is 9.80. The molecule has 0 atom stereocenters. The quantitative estimate of drug-likeness (QED) is 0.0229. The summed E-state index contributed by atoms with van der Waals surface area (Å²) in [5.74, 6) is 1.54. The fourth-order valence-corrected chi connectivity index (χ4v) is 5.78. The van der Waals surface area contributed by atoms with Crippen LogP contribution in [0.5, 0.6) is 11.5 Å². The summed E-state index contributed by atoms with van der Waals surface area (Å²) in [6.45, 7) is 10.9. The molecule has 0 saturated carbocycles. The van der Waals surface area contributed by atoms with Crippen molar-refractivity contribution in [2.45, 2.75) is 5.60 Å². The van der Waals surface area contributed by atoms with Crippen molar-refractivity contribution >= 4 is 0 Å². The zero-order valence-electron chi connectivity index (χ0n) is 36.5. The van der Waals surface area contributed by atoms with Crippen LogP contribution in [0.3, 0.4) is 0 Å². The normalized spacial score (nSPS) is 11.5. The maximum atomic E-state index is 8.17. The molecule has 0 radical (unpaired) electrons. The topological polar surface area (TPSA) is 178 Å². The number of hydrogen-bond donors (Lipinski definition) is 0. The predicted octanol–water partition coefficient (Wildman–Crippen LogP) is 5.51. The van der Waals surface area contributed by atoms with Crippen LogP contribution in [0.1, 0.15) is 16.7 Å². The molecule has 0 spiro atoms. The molecule has 0 saturated heterocycles. The maximum absolute atomic E-state index is 8.17. The molecule has 0 fully saturated rings. The highest BCUT2D eigenvalue weighted by molar-refractivity contribution is 5.49. The Hall–Kier alpha value is -3.91. The van der Waals surface area contributed by atoms with Gasteiger partial charge >= 0.3 is 0 Å². The number of methoxy groups -OCH3 is 2. The average molecular weight is 874 g/mol. The van der Waals surface area contributed by atoms with E-state index in [9.17, 15) is 0 Å². The molecular weight excluding hydrogens is 807 g/mol. The highest BCUT2D eigenvalue weighted by Gasteiger charge is 2.37. The van der Waals surface area contributed by atoms with Crippen LogP contribution in [0, 0.1) is 0 Å². The Balaban J connectivity index is 1.09. The van der Waals surface area contributed by atoms with Crippen molar-refractivity contribution in [3.8, 4) is 11.5 Å². The van der Waals surface area contributed by atoms with Crippen molar-refractivity contribution in [2.75, 3.05) is 173 Å². The van der Waals surface area contributed by atoms with E-state index >= 15 is 0 Å². The van der Waals surface area contributed by atoms with E-state index in [1.807, 2.05) is 66.7 Å². The molecule has 3 rings (SSSR count). The lowest BCUT2D eigenvalue weighted by Gasteiger charge is -2.36. The van der Waals surface area contributed by atoms with Crippen LogP contribution in [-0.4, -0.2) is 173 Å². The first kappa shape index (κ1) is 52.4. The molecule has 346 valence electrons. The molecule has 17 nitrogen and oxygen atoms in total. The van der Waals surface area contributed by atoms with Gasteiger partial charge in [0.25, 0.3) is 0 Å². The zero-order chi connectivity index (χ0) is 43.9. The van der Waals surface area contributed by atoms with Crippen molar-refractivity contribution in [1.82, 2.24) is 0 Å². The van der Waals surface area contributed by atoms with Gasteiger partial charge in [0.1, 0.15) is 17.1 Å². The largest absolute Gasteiger partial charge is 0.497 e. The first-order valence-electron chi connectivity index (χ1n) is 21.1. The van der Waals surface area contributed by atoms with E-state index < -0.39 is 5.60 Å². The van der Waals surface area contributed by atoms with Gasteiger partial charge in [-0.1, -0.05) is 59.7 Å². The molecule has 0 heterocycles.